The van der Waals surface area contributed by atoms with Crippen LogP contribution in [0.15, 0.2) is 42.6 Å². The van der Waals surface area contributed by atoms with Gasteiger partial charge >= 0.3 is 0 Å². The van der Waals surface area contributed by atoms with E-state index in [0.717, 1.165) is 73.8 Å². The number of aldehydes is 1. The number of H-pyrrole nitrogens is 1. The van der Waals surface area contributed by atoms with E-state index in [0.29, 0.717) is 12.5 Å². The van der Waals surface area contributed by atoms with Crippen LogP contribution in [-0.2, 0) is 17.8 Å². The van der Waals surface area contributed by atoms with Crippen LogP contribution in [0, 0.1) is 13.8 Å². The van der Waals surface area contributed by atoms with Crippen molar-refractivity contribution < 1.29 is 4.79 Å². The lowest BCUT2D eigenvalue weighted by molar-refractivity contribution is -0.109. The molecular weight excluding hydrogens is 496 g/mol. The van der Waals surface area contributed by atoms with Crippen LogP contribution in [0.2, 0.25) is 0 Å². The van der Waals surface area contributed by atoms with Crippen LogP contribution in [0.5, 0.6) is 0 Å². The number of rotatable bonds is 6. The number of aromatic amines is 1. The zero-order valence-corrected chi connectivity index (χ0v) is 24.4. The van der Waals surface area contributed by atoms with Crippen molar-refractivity contribution in [2.75, 3.05) is 42.5 Å². The van der Waals surface area contributed by atoms with E-state index in [-0.39, 0.29) is 6.04 Å². The summed E-state index contributed by atoms with van der Waals surface area (Å²) < 4.78 is 0. The Hall–Kier alpha value is -3.71. The van der Waals surface area contributed by atoms with Crippen molar-refractivity contribution >= 4 is 28.7 Å². The van der Waals surface area contributed by atoms with Gasteiger partial charge in [0.15, 0.2) is 5.82 Å². The van der Waals surface area contributed by atoms with E-state index >= 15 is 0 Å². The van der Waals surface area contributed by atoms with E-state index in [4.69, 9.17) is 9.97 Å². The third-order valence-electron chi connectivity index (χ3n) is 8.80. The molecule has 4 aromatic rings. The van der Waals surface area contributed by atoms with Gasteiger partial charge in [0.2, 0.25) is 0 Å². The number of anilines is 2. The summed E-state index contributed by atoms with van der Waals surface area (Å²) in [7, 11) is 0. The Morgan fingerprint density at radius 3 is 2.67 bits per heavy atom. The fourth-order valence-corrected chi connectivity index (χ4v) is 6.41. The number of nitrogens with zero attached hydrogens (tertiary/aromatic N) is 5. The highest BCUT2D eigenvalue weighted by atomic mass is 16.1. The molecular formula is C33H40N6O. The number of benzene rings is 2. The summed E-state index contributed by atoms with van der Waals surface area (Å²) >= 11 is 0. The van der Waals surface area contributed by atoms with Crippen LogP contribution in [0.4, 0.5) is 11.5 Å². The van der Waals surface area contributed by atoms with Crippen LogP contribution in [0.25, 0.3) is 22.3 Å². The predicted octanol–water partition coefficient (Wildman–Crippen LogP) is 5.64. The largest absolute Gasteiger partial charge is 0.366 e. The van der Waals surface area contributed by atoms with Crippen LogP contribution in [-0.4, -0.2) is 64.9 Å². The summed E-state index contributed by atoms with van der Waals surface area (Å²) in [6.45, 7) is 15.8. The fourth-order valence-electron chi connectivity index (χ4n) is 6.41. The van der Waals surface area contributed by atoms with Gasteiger partial charge in [0.05, 0.1) is 12.2 Å². The Bertz CT molecular complexity index is 1560. The zero-order chi connectivity index (χ0) is 28.0. The fraction of sp³-hybridized carbons (Fsp3) is 0.424. The van der Waals surface area contributed by atoms with E-state index < -0.39 is 0 Å². The van der Waals surface area contributed by atoms with Crippen LogP contribution < -0.4 is 9.80 Å². The molecule has 1 fully saturated rings. The first-order valence-electron chi connectivity index (χ1n) is 14.6. The quantitative estimate of drug-likeness (QED) is 0.322. The molecule has 2 aromatic heterocycles. The number of fused-ring (bicyclic) bond motifs is 2. The van der Waals surface area contributed by atoms with E-state index in [9.17, 15) is 4.79 Å². The highest BCUT2D eigenvalue weighted by Crippen LogP contribution is 2.36. The summed E-state index contributed by atoms with van der Waals surface area (Å²) in [5, 5.41) is 1.19. The molecule has 2 aromatic carbocycles. The maximum absolute atomic E-state index is 11.3. The molecule has 0 saturated carbocycles. The number of hydrogen-bond acceptors (Lipinski definition) is 6. The predicted molar refractivity (Wildman–Crippen MR) is 163 cm³/mol. The van der Waals surface area contributed by atoms with Gasteiger partial charge in [-0.15, -0.1) is 0 Å². The van der Waals surface area contributed by atoms with Gasteiger partial charge in [-0.3, -0.25) is 4.90 Å². The smallest absolute Gasteiger partial charge is 0.162 e. The van der Waals surface area contributed by atoms with Gasteiger partial charge in [-0.25, -0.2) is 9.97 Å². The molecule has 40 heavy (non-hydrogen) atoms. The molecule has 0 amide bonds. The SMILES string of the molecule is Cc1ccc(C(C)C)cc1N1CCc2nc(-c3cccc4[nH]cc(C)c34)nc(N3CCN(CC=O)[C@H](C)C3)c2C1. The van der Waals surface area contributed by atoms with Gasteiger partial charge in [-0.05, 0) is 55.5 Å². The third kappa shape index (κ3) is 4.77. The molecule has 0 aliphatic carbocycles. The van der Waals surface area contributed by atoms with Gasteiger partial charge in [-0.2, -0.15) is 0 Å². The molecule has 208 valence electrons. The lowest BCUT2D eigenvalue weighted by Crippen LogP contribution is -2.53. The highest BCUT2D eigenvalue weighted by Gasteiger charge is 2.31. The minimum Gasteiger partial charge on any atom is -0.366 e. The minimum absolute atomic E-state index is 0.271. The first kappa shape index (κ1) is 26.5. The average molecular weight is 537 g/mol. The number of hydrogen-bond donors (Lipinski definition) is 1. The van der Waals surface area contributed by atoms with Gasteiger partial charge in [-0.1, -0.05) is 38.1 Å². The lowest BCUT2D eigenvalue weighted by Gasteiger charge is -2.41. The van der Waals surface area contributed by atoms with Crippen molar-refractivity contribution in [1.29, 1.82) is 0 Å². The van der Waals surface area contributed by atoms with Crippen molar-refractivity contribution in [3.8, 4) is 11.4 Å². The summed E-state index contributed by atoms with van der Waals surface area (Å²) in [4.78, 5) is 32.4. The number of aryl methyl sites for hydroxylation is 2. The summed E-state index contributed by atoms with van der Waals surface area (Å²) in [6.07, 6.45) is 3.96. The maximum atomic E-state index is 11.3. The summed E-state index contributed by atoms with van der Waals surface area (Å²) in [6, 6.07) is 13.5. The molecule has 2 aliphatic heterocycles. The number of carbonyl (C=O) groups excluding carboxylic acids is 1. The molecule has 1 saturated heterocycles. The second kappa shape index (κ2) is 10.7. The minimum atomic E-state index is 0.271. The van der Waals surface area contributed by atoms with Gasteiger partial charge < -0.3 is 19.6 Å². The monoisotopic (exact) mass is 536 g/mol. The molecule has 4 heterocycles. The third-order valence-corrected chi connectivity index (χ3v) is 8.80. The second-order valence-corrected chi connectivity index (χ2v) is 11.8. The van der Waals surface area contributed by atoms with Crippen molar-refractivity contribution in [3.05, 3.63) is 70.5 Å². The van der Waals surface area contributed by atoms with Crippen molar-refractivity contribution in [3.63, 3.8) is 0 Å². The highest BCUT2D eigenvalue weighted by molar-refractivity contribution is 5.96. The molecule has 7 heteroatoms. The number of nitrogens with one attached hydrogen (secondary N) is 1. The Kier molecular flexibility index (Phi) is 7.09. The van der Waals surface area contributed by atoms with Gasteiger partial charge in [0.25, 0.3) is 0 Å². The molecule has 6 rings (SSSR count). The van der Waals surface area contributed by atoms with Crippen molar-refractivity contribution in [1.82, 2.24) is 19.9 Å². The van der Waals surface area contributed by atoms with E-state index in [1.54, 1.807) is 0 Å². The molecule has 1 atom stereocenters. The maximum Gasteiger partial charge on any atom is 0.162 e. The Morgan fingerprint density at radius 1 is 1.05 bits per heavy atom. The van der Waals surface area contributed by atoms with E-state index in [1.165, 1.54) is 33.3 Å². The molecule has 1 N–H and O–H groups in total. The summed E-state index contributed by atoms with van der Waals surface area (Å²) in [5.74, 6) is 2.34. The van der Waals surface area contributed by atoms with E-state index in [1.807, 2.05) is 0 Å². The molecule has 0 spiro atoms. The van der Waals surface area contributed by atoms with Gasteiger partial charge in [0.1, 0.15) is 12.1 Å². The number of piperazine rings is 1. The first-order valence-corrected chi connectivity index (χ1v) is 14.6. The molecule has 0 unspecified atom stereocenters. The number of carbonyl (C=O) groups is 1. The molecule has 7 nitrogen and oxygen atoms in total. The Balaban J connectivity index is 1.44. The average Bonchev–Trinajstić information content (AvgIpc) is 3.34. The normalized spacial score (nSPS) is 18.0. The van der Waals surface area contributed by atoms with Gasteiger partial charge in [0, 0.05) is 79.1 Å². The number of aromatic nitrogens is 3. The second-order valence-electron chi connectivity index (χ2n) is 11.8. The molecule has 0 radical (unpaired) electrons. The summed E-state index contributed by atoms with van der Waals surface area (Å²) in [5.41, 5.74) is 9.77. The Labute approximate surface area is 237 Å². The standard InChI is InChI=1S/C33H40N6O/c1-21(2)25-10-9-22(3)30(17-25)38-12-11-28-27(20-38)33(39-14-13-37(15-16-40)24(5)19-39)36-32(35-28)26-7-6-8-29-31(26)23(4)18-34-29/h6-10,16-18,21,24,34H,11-15,19-20H2,1-5H3/t24-/m1/s1. The van der Waals surface area contributed by atoms with Crippen molar-refractivity contribution in [2.24, 2.45) is 0 Å². The van der Waals surface area contributed by atoms with Crippen LogP contribution >= 0.6 is 0 Å². The first-order chi connectivity index (χ1) is 19.3. The van der Waals surface area contributed by atoms with Crippen molar-refractivity contribution in [2.45, 2.75) is 59.5 Å². The molecule has 0 bridgehead atoms. The lowest BCUT2D eigenvalue weighted by atomic mass is 9.98. The van der Waals surface area contributed by atoms with Crippen LogP contribution in [0.1, 0.15) is 54.6 Å². The Morgan fingerprint density at radius 2 is 1.90 bits per heavy atom. The molecule has 2 aliphatic rings. The zero-order valence-electron chi connectivity index (χ0n) is 24.4. The van der Waals surface area contributed by atoms with E-state index in [2.05, 4.69) is 96.9 Å². The topological polar surface area (TPSA) is 68.4 Å². The van der Waals surface area contributed by atoms with Crippen LogP contribution in [0.3, 0.4) is 0 Å².